The highest BCUT2D eigenvalue weighted by atomic mass is 35.5. The minimum absolute atomic E-state index is 0.101. The van der Waals surface area contributed by atoms with Gasteiger partial charge in [-0.1, -0.05) is 54.1 Å². The summed E-state index contributed by atoms with van der Waals surface area (Å²) in [5.41, 5.74) is 7.18. The summed E-state index contributed by atoms with van der Waals surface area (Å²) in [4.78, 5) is 0. The van der Waals surface area contributed by atoms with E-state index in [9.17, 15) is 0 Å². The highest BCUT2D eigenvalue weighted by Gasteiger charge is 2.20. The highest BCUT2D eigenvalue weighted by Crippen LogP contribution is 2.37. The first-order chi connectivity index (χ1) is 13.1. The molecule has 27 heavy (non-hydrogen) atoms. The van der Waals surface area contributed by atoms with Crippen LogP contribution in [0.25, 0.3) is 0 Å². The summed E-state index contributed by atoms with van der Waals surface area (Å²) in [7, 11) is 0. The van der Waals surface area contributed by atoms with Crippen LogP contribution in [0.15, 0.2) is 66.7 Å². The summed E-state index contributed by atoms with van der Waals surface area (Å²) in [5.74, 6) is 0.101. The Balaban J connectivity index is 2.08. The Morgan fingerprint density at radius 2 is 1.48 bits per heavy atom. The van der Waals surface area contributed by atoms with Gasteiger partial charge in [-0.15, -0.1) is 0 Å². The topological polar surface area (TPSA) is 24.1 Å². The number of halogens is 1. The van der Waals surface area contributed by atoms with Crippen LogP contribution in [-0.2, 0) is 0 Å². The van der Waals surface area contributed by atoms with Gasteiger partial charge in [0.25, 0.3) is 0 Å². The average Bonchev–Trinajstić information content (AvgIpc) is 2.67. The monoisotopic (exact) mass is 378 g/mol. The van der Waals surface area contributed by atoms with Gasteiger partial charge in [-0.25, -0.2) is 0 Å². The van der Waals surface area contributed by atoms with Gasteiger partial charge in [-0.2, -0.15) is 0 Å². The highest BCUT2D eigenvalue weighted by molar-refractivity contribution is 6.31. The molecular formula is C24H27ClN2. The van der Waals surface area contributed by atoms with E-state index in [1.165, 1.54) is 22.4 Å². The zero-order valence-electron chi connectivity index (χ0n) is 16.2. The standard InChI is InChI=1S/C24H27ClN2/c1-4-26-20-13-10-18(11-14-20)24(21-8-6-7-9-22(21)25)19-12-15-23(27-5-2)17(3)16-19/h6-16,24,26-27H,4-5H2,1-3H3. The zero-order chi connectivity index (χ0) is 19.2. The van der Waals surface area contributed by atoms with Crippen LogP contribution in [0.1, 0.15) is 42.0 Å². The predicted molar refractivity (Wildman–Crippen MR) is 118 cm³/mol. The summed E-state index contributed by atoms with van der Waals surface area (Å²) in [5, 5.41) is 7.58. The first kappa shape index (κ1) is 19.3. The molecule has 0 heterocycles. The van der Waals surface area contributed by atoms with Crippen molar-refractivity contribution in [2.45, 2.75) is 26.7 Å². The number of rotatable bonds is 7. The summed E-state index contributed by atoms with van der Waals surface area (Å²) < 4.78 is 0. The lowest BCUT2D eigenvalue weighted by molar-refractivity contribution is 0.974. The Morgan fingerprint density at radius 1 is 0.815 bits per heavy atom. The number of hydrogen-bond donors (Lipinski definition) is 2. The molecular weight excluding hydrogens is 352 g/mol. The molecule has 3 aromatic carbocycles. The molecule has 2 nitrogen and oxygen atoms in total. The molecule has 0 aliphatic heterocycles. The molecule has 140 valence electrons. The van der Waals surface area contributed by atoms with Gasteiger partial charge < -0.3 is 10.6 Å². The number of benzene rings is 3. The molecule has 0 bridgehead atoms. The van der Waals surface area contributed by atoms with E-state index < -0.39 is 0 Å². The van der Waals surface area contributed by atoms with E-state index in [0.29, 0.717) is 0 Å². The van der Waals surface area contributed by atoms with E-state index in [1.807, 2.05) is 12.1 Å². The Bertz CT molecular complexity index is 887. The average molecular weight is 379 g/mol. The second-order valence-corrected chi connectivity index (χ2v) is 7.12. The van der Waals surface area contributed by atoms with Gasteiger partial charge in [-0.05, 0) is 67.3 Å². The summed E-state index contributed by atoms with van der Waals surface area (Å²) in [6, 6.07) is 23.4. The first-order valence-electron chi connectivity index (χ1n) is 9.56. The quantitative estimate of drug-likeness (QED) is 0.447. The molecule has 0 fully saturated rings. The van der Waals surface area contributed by atoms with Crippen molar-refractivity contribution >= 4 is 23.0 Å². The van der Waals surface area contributed by atoms with Gasteiger partial charge in [0.05, 0.1) is 0 Å². The molecule has 1 atom stereocenters. The fraction of sp³-hybridized carbons (Fsp3) is 0.250. The number of anilines is 2. The molecule has 0 aliphatic rings. The van der Waals surface area contributed by atoms with Crippen molar-refractivity contribution < 1.29 is 0 Å². The summed E-state index contributed by atoms with van der Waals surface area (Å²) in [6.45, 7) is 8.21. The lowest BCUT2D eigenvalue weighted by atomic mass is 9.84. The van der Waals surface area contributed by atoms with E-state index in [1.54, 1.807) is 0 Å². The molecule has 1 unspecified atom stereocenters. The zero-order valence-corrected chi connectivity index (χ0v) is 17.0. The van der Waals surface area contributed by atoms with E-state index in [0.717, 1.165) is 29.4 Å². The van der Waals surface area contributed by atoms with Crippen LogP contribution in [0.5, 0.6) is 0 Å². The maximum Gasteiger partial charge on any atom is 0.0447 e. The van der Waals surface area contributed by atoms with Crippen LogP contribution in [-0.4, -0.2) is 13.1 Å². The summed E-state index contributed by atoms with van der Waals surface area (Å²) in [6.07, 6.45) is 0. The maximum absolute atomic E-state index is 6.60. The third kappa shape index (κ3) is 4.45. The van der Waals surface area contributed by atoms with Crippen LogP contribution < -0.4 is 10.6 Å². The van der Waals surface area contributed by atoms with Crippen LogP contribution >= 0.6 is 11.6 Å². The van der Waals surface area contributed by atoms with Crippen molar-refractivity contribution in [1.82, 2.24) is 0 Å². The minimum atomic E-state index is 0.101. The fourth-order valence-corrected chi connectivity index (χ4v) is 3.76. The minimum Gasteiger partial charge on any atom is -0.385 e. The van der Waals surface area contributed by atoms with Crippen LogP contribution in [0.4, 0.5) is 11.4 Å². The lowest BCUT2D eigenvalue weighted by Gasteiger charge is -2.22. The second kappa shape index (κ2) is 8.96. The normalized spacial score (nSPS) is 11.9. The van der Waals surface area contributed by atoms with Gasteiger partial charge in [0.2, 0.25) is 0 Å². The molecule has 3 heteroatoms. The van der Waals surface area contributed by atoms with Crippen molar-refractivity contribution in [2.24, 2.45) is 0 Å². The van der Waals surface area contributed by atoms with Crippen molar-refractivity contribution in [3.8, 4) is 0 Å². The maximum atomic E-state index is 6.60. The molecule has 0 aliphatic carbocycles. The SMILES string of the molecule is CCNc1ccc(C(c2ccc(NCC)c(C)c2)c2ccccc2Cl)cc1. The van der Waals surface area contributed by atoms with Crippen molar-refractivity contribution in [3.63, 3.8) is 0 Å². The predicted octanol–water partition coefficient (Wildman–Crippen LogP) is 6.69. The number of aryl methyl sites for hydroxylation is 1. The molecule has 0 aromatic heterocycles. The molecule has 0 spiro atoms. The van der Waals surface area contributed by atoms with Crippen molar-refractivity contribution in [3.05, 3.63) is 94.0 Å². The van der Waals surface area contributed by atoms with E-state index in [-0.39, 0.29) is 5.92 Å². The van der Waals surface area contributed by atoms with E-state index in [2.05, 4.69) is 86.0 Å². The van der Waals surface area contributed by atoms with Gasteiger partial charge in [0, 0.05) is 35.4 Å². The van der Waals surface area contributed by atoms with Gasteiger partial charge in [-0.3, -0.25) is 0 Å². The molecule has 0 amide bonds. The van der Waals surface area contributed by atoms with E-state index >= 15 is 0 Å². The Hall–Kier alpha value is -2.45. The third-order valence-corrected chi connectivity index (χ3v) is 5.14. The molecule has 0 radical (unpaired) electrons. The first-order valence-corrected chi connectivity index (χ1v) is 9.94. The third-order valence-electron chi connectivity index (χ3n) is 4.79. The summed E-state index contributed by atoms with van der Waals surface area (Å²) >= 11 is 6.60. The van der Waals surface area contributed by atoms with Gasteiger partial charge in [0.1, 0.15) is 0 Å². The van der Waals surface area contributed by atoms with Gasteiger partial charge >= 0.3 is 0 Å². The fourth-order valence-electron chi connectivity index (χ4n) is 3.51. The van der Waals surface area contributed by atoms with Gasteiger partial charge in [0.15, 0.2) is 0 Å². The van der Waals surface area contributed by atoms with Crippen LogP contribution in [0.3, 0.4) is 0 Å². The smallest absolute Gasteiger partial charge is 0.0447 e. The van der Waals surface area contributed by atoms with Crippen molar-refractivity contribution in [2.75, 3.05) is 23.7 Å². The molecule has 0 saturated heterocycles. The molecule has 3 aromatic rings. The number of nitrogens with one attached hydrogen (secondary N) is 2. The van der Waals surface area contributed by atoms with Crippen LogP contribution in [0.2, 0.25) is 5.02 Å². The Morgan fingerprint density at radius 3 is 2.11 bits per heavy atom. The Kier molecular flexibility index (Phi) is 6.41. The molecule has 0 saturated carbocycles. The second-order valence-electron chi connectivity index (χ2n) is 6.71. The lowest BCUT2D eigenvalue weighted by Crippen LogP contribution is -2.06. The molecule has 2 N–H and O–H groups in total. The molecule has 3 rings (SSSR count). The largest absolute Gasteiger partial charge is 0.385 e. The van der Waals surface area contributed by atoms with E-state index in [4.69, 9.17) is 11.6 Å². The Labute approximate surface area is 167 Å². The van der Waals surface area contributed by atoms with Crippen LogP contribution in [0, 0.1) is 6.92 Å². The number of hydrogen-bond acceptors (Lipinski definition) is 2. The van der Waals surface area contributed by atoms with Crippen molar-refractivity contribution in [1.29, 1.82) is 0 Å².